The third-order valence-electron chi connectivity index (χ3n) is 6.17. The van der Waals surface area contributed by atoms with Crippen molar-refractivity contribution in [2.24, 2.45) is 5.92 Å². The van der Waals surface area contributed by atoms with Crippen LogP contribution >= 0.6 is 0 Å². The molecule has 0 amide bonds. The van der Waals surface area contributed by atoms with Crippen LogP contribution in [0.1, 0.15) is 40.4 Å². The van der Waals surface area contributed by atoms with E-state index in [-0.39, 0.29) is 22.5 Å². The summed E-state index contributed by atoms with van der Waals surface area (Å²) in [6.07, 6.45) is 1.65. The van der Waals surface area contributed by atoms with Crippen molar-refractivity contribution >= 4 is 22.0 Å². The lowest BCUT2D eigenvalue weighted by molar-refractivity contribution is -0.161. The summed E-state index contributed by atoms with van der Waals surface area (Å²) in [6, 6.07) is 10.7. The molecule has 0 aromatic heterocycles. The molecule has 2 aromatic rings. The molecule has 2 bridgehead atoms. The Bertz CT molecular complexity index is 1110. The molecule has 3 aliphatic heterocycles. The molecule has 0 saturated carbocycles. The van der Waals surface area contributed by atoms with E-state index in [1.165, 1.54) is 18.2 Å². The number of hydrogen-bond donors (Lipinski definition) is 2. The number of aryl methyl sites for hydroxylation is 1. The summed E-state index contributed by atoms with van der Waals surface area (Å²) in [7, 11) is -4.19. The van der Waals surface area contributed by atoms with E-state index in [0.717, 1.165) is 37.6 Å². The average Bonchev–Trinajstić information content (AvgIpc) is 2.79. The molecule has 3 saturated heterocycles. The van der Waals surface area contributed by atoms with Gasteiger partial charge in [0.1, 0.15) is 12.1 Å². The van der Waals surface area contributed by atoms with Crippen LogP contribution in [0.4, 0.5) is 0 Å². The Balaban J connectivity index is 1.60. The summed E-state index contributed by atoms with van der Waals surface area (Å²) >= 11 is 0. The van der Waals surface area contributed by atoms with Gasteiger partial charge in [-0.25, -0.2) is 18.0 Å². The molecule has 9 heteroatoms. The predicted octanol–water partition coefficient (Wildman–Crippen LogP) is 2.35. The highest BCUT2D eigenvalue weighted by molar-refractivity contribution is 7.89. The van der Waals surface area contributed by atoms with E-state index in [1.807, 2.05) is 6.92 Å². The first-order chi connectivity index (χ1) is 15.2. The number of sulfonamides is 1. The summed E-state index contributed by atoms with van der Waals surface area (Å²) in [5, 5.41) is 9.19. The van der Waals surface area contributed by atoms with E-state index in [4.69, 9.17) is 4.74 Å². The Hall–Kier alpha value is -2.75. The van der Waals surface area contributed by atoms with E-state index >= 15 is 0 Å². The van der Waals surface area contributed by atoms with Crippen LogP contribution in [0.5, 0.6) is 0 Å². The van der Waals surface area contributed by atoms with Gasteiger partial charge in [0.2, 0.25) is 10.0 Å². The maximum Gasteiger partial charge on any atom is 0.335 e. The van der Waals surface area contributed by atoms with Gasteiger partial charge in [0.15, 0.2) is 0 Å². The number of carbonyl (C=O) groups is 2. The number of hydrogen-bond acceptors (Lipinski definition) is 6. The molecule has 32 heavy (non-hydrogen) atoms. The lowest BCUT2D eigenvalue weighted by Gasteiger charge is -2.44. The summed E-state index contributed by atoms with van der Waals surface area (Å²) in [6.45, 7) is 4.54. The first-order valence-corrected chi connectivity index (χ1v) is 12.1. The van der Waals surface area contributed by atoms with Gasteiger partial charge in [-0.1, -0.05) is 35.9 Å². The van der Waals surface area contributed by atoms with Crippen molar-refractivity contribution in [2.75, 3.05) is 19.6 Å². The van der Waals surface area contributed by atoms with Gasteiger partial charge in [-0.05, 0) is 62.5 Å². The first-order valence-electron chi connectivity index (χ1n) is 10.6. The van der Waals surface area contributed by atoms with Gasteiger partial charge < -0.3 is 9.84 Å². The van der Waals surface area contributed by atoms with Crippen molar-refractivity contribution in [3.05, 3.63) is 65.2 Å². The number of carboxylic acids is 1. The highest BCUT2D eigenvalue weighted by atomic mass is 32.2. The summed E-state index contributed by atoms with van der Waals surface area (Å²) in [5.41, 5.74) is 1.27. The summed E-state index contributed by atoms with van der Waals surface area (Å²) in [5.74, 6) is -1.61. The smallest absolute Gasteiger partial charge is 0.335 e. The summed E-state index contributed by atoms with van der Waals surface area (Å²) in [4.78, 5) is 26.5. The van der Waals surface area contributed by atoms with Crippen molar-refractivity contribution in [3.8, 4) is 0 Å². The van der Waals surface area contributed by atoms with Gasteiger partial charge >= 0.3 is 11.9 Å². The van der Waals surface area contributed by atoms with E-state index < -0.39 is 28.0 Å². The molecule has 2 N–H and O–H groups in total. The fourth-order valence-corrected chi connectivity index (χ4v) is 5.51. The van der Waals surface area contributed by atoms with Crippen LogP contribution in [0, 0.1) is 12.8 Å². The normalized spacial score (nSPS) is 23.5. The van der Waals surface area contributed by atoms with Crippen LogP contribution in [-0.2, 0) is 19.6 Å². The van der Waals surface area contributed by atoms with E-state index in [9.17, 15) is 23.1 Å². The minimum atomic E-state index is -4.19. The lowest BCUT2D eigenvalue weighted by atomic mass is 9.86. The van der Waals surface area contributed by atoms with Crippen molar-refractivity contribution in [1.82, 2.24) is 9.62 Å². The van der Waals surface area contributed by atoms with Crippen LogP contribution in [0.15, 0.2) is 53.4 Å². The van der Waals surface area contributed by atoms with Gasteiger partial charge in [0.25, 0.3) is 0 Å². The number of ether oxygens (including phenoxy) is 1. The second-order valence-electron chi connectivity index (χ2n) is 8.41. The number of nitrogens with zero attached hydrogens (tertiary/aromatic N) is 1. The maximum atomic E-state index is 13.2. The van der Waals surface area contributed by atoms with E-state index in [1.54, 1.807) is 24.3 Å². The Morgan fingerprint density at radius 1 is 1.12 bits per heavy atom. The third-order valence-corrected chi connectivity index (χ3v) is 7.59. The highest BCUT2D eigenvalue weighted by Crippen LogP contribution is 2.31. The van der Waals surface area contributed by atoms with Crippen molar-refractivity contribution in [2.45, 2.75) is 36.8 Å². The fourth-order valence-electron chi connectivity index (χ4n) is 4.29. The van der Waals surface area contributed by atoms with Crippen LogP contribution in [-0.4, -0.2) is 56.1 Å². The second kappa shape index (κ2) is 9.01. The van der Waals surface area contributed by atoms with E-state index in [2.05, 4.69) is 9.62 Å². The zero-order valence-corrected chi connectivity index (χ0v) is 18.5. The van der Waals surface area contributed by atoms with Crippen molar-refractivity contribution in [3.63, 3.8) is 0 Å². The van der Waals surface area contributed by atoms with Crippen LogP contribution in [0.2, 0.25) is 0 Å². The topological polar surface area (TPSA) is 113 Å². The number of esters is 1. The van der Waals surface area contributed by atoms with Crippen molar-refractivity contribution < 1.29 is 27.9 Å². The third kappa shape index (κ3) is 4.85. The van der Waals surface area contributed by atoms with Gasteiger partial charge in [-0.15, -0.1) is 0 Å². The summed E-state index contributed by atoms with van der Waals surface area (Å²) < 4.78 is 34.4. The van der Waals surface area contributed by atoms with Gasteiger partial charge in [0.05, 0.1) is 10.5 Å². The minimum absolute atomic E-state index is 0.158. The molecule has 5 rings (SSSR count). The van der Waals surface area contributed by atoms with Gasteiger partial charge in [0, 0.05) is 6.54 Å². The minimum Gasteiger partial charge on any atom is -0.478 e. The van der Waals surface area contributed by atoms with Crippen LogP contribution < -0.4 is 4.72 Å². The number of piperidine rings is 3. The number of nitrogens with one attached hydrogen (secondary N) is 1. The second-order valence-corrected chi connectivity index (χ2v) is 10.1. The molecule has 8 nitrogen and oxygen atoms in total. The van der Waals surface area contributed by atoms with E-state index in [0.29, 0.717) is 12.1 Å². The quantitative estimate of drug-likeness (QED) is 0.613. The van der Waals surface area contributed by atoms with Crippen LogP contribution in [0.25, 0.3) is 0 Å². The van der Waals surface area contributed by atoms with Gasteiger partial charge in [-0.3, -0.25) is 4.90 Å². The van der Waals surface area contributed by atoms with Crippen LogP contribution in [0.3, 0.4) is 0 Å². The van der Waals surface area contributed by atoms with Gasteiger partial charge in [-0.2, -0.15) is 4.72 Å². The molecule has 2 aromatic carbocycles. The highest BCUT2D eigenvalue weighted by Gasteiger charge is 2.38. The molecule has 170 valence electrons. The molecular formula is C23H26N2O6S. The Kier molecular flexibility index (Phi) is 6.32. The molecule has 0 aliphatic carbocycles. The molecule has 2 atom stereocenters. The maximum absolute atomic E-state index is 13.2. The molecule has 0 radical (unpaired) electrons. The number of carboxylic acid groups (broad SMARTS) is 1. The lowest BCUT2D eigenvalue weighted by Crippen LogP contribution is -2.52. The molecular weight excluding hydrogens is 432 g/mol. The number of rotatable bonds is 7. The molecule has 3 heterocycles. The average molecular weight is 459 g/mol. The molecule has 3 fully saturated rings. The number of benzene rings is 2. The number of carbonyl (C=O) groups excluding carboxylic acids is 1. The Morgan fingerprint density at radius 3 is 2.41 bits per heavy atom. The Labute approximate surface area is 187 Å². The predicted molar refractivity (Wildman–Crippen MR) is 117 cm³/mol. The zero-order valence-electron chi connectivity index (χ0n) is 17.7. The first kappa shape index (κ1) is 22.4. The standard InChI is InChI=1S/C23H26N2O6S/c1-15-5-7-17(8-6-15)21(23(28)31-20-14-25-11-9-16(20)10-12-25)24-32(29,30)19-4-2-3-18(13-19)22(26)27/h2-8,13,16,20-21,24H,9-12,14H2,1H3,(H,26,27)/t20-,21?/m0/s1. The largest absolute Gasteiger partial charge is 0.478 e. The SMILES string of the molecule is Cc1ccc(C(NS(=O)(=O)c2cccc(C(=O)O)c2)C(=O)O[C@H]2CN3CCC2CC3)cc1. The molecule has 3 aliphatic rings. The monoisotopic (exact) mass is 458 g/mol. The number of fused-ring (bicyclic) bond motifs is 3. The fraction of sp³-hybridized carbons (Fsp3) is 0.391. The zero-order chi connectivity index (χ0) is 22.9. The number of aromatic carboxylic acids is 1. The Morgan fingerprint density at radius 2 is 1.81 bits per heavy atom. The van der Waals surface area contributed by atoms with Crippen molar-refractivity contribution in [1.29, 1.82) is 0 Å². The molecule has 0 spiro atoms. The molecule has 1 unspecified atom stereocenters.